The second-order valence-corrected chi connectivity index (χ2v) is 10.6. The fourth-order valence-corrected chi connectivity index (χ4v) is 5.16. The highest BCUT2D eigenvalue weighted by molar-refractivity contribution is 8.00. The third-order valence-corrected chi connectivity index (χ3v) is 7.52. The predicted molar refractivity (Wildman–Crippen MR) is 123 cm³/mol. The van der Waals surface area contributed by atoms with Crippen LogP contribution in [0.5, 0.6) is 0 Å². The summed E-state index contributed by atoms with van der Waals surface area (Å²) < 4.78 is 5.55. The molecule has 1 aliphatic carbocycles. The van der Waals surface area contributed by atoms with Crippen LogP contribution >= 0.6 is 11.8 Å². The number of carboxylic acid groups (broad SMARTS) is 1. The smallest absolute Gasteiger partial charge is 0.306 e. The number of rotatable bonds is 13. The zero-order valence-corrected chi connectivity index (χ0v) is 20.4. The quantitative estimate of drug-likeness (QED) is 0.326. The molecule has 1 unspecified atom stereocenters. The monoisotopic (exact) mass is 470 g/mol. The minimum absolute atomic E-state index is 0.00813. The van der Waals surface area contributed by atoms with Crippen LogP contribution in [0.1, 0.15) is 58.8 Å². The van der Waals surface area contributed by atoms with Crippen molar-refractivity contribution in [1.29, 1.82) is 0 Å². The molecule has 0 aromatic carbocycles. The molecule has 2 aliphatic rings. The molecule has 1 saturated heterocycles. The Morgan fingerprint density at radius 1 is 1.19 bits per heavy atom. The predicted octanol–water partition coefficient (Wildman–Crippen LogP) is 2.65. The van der Waals surface area contributed by atoms with E-state index in [9.17, 15) is 19.2 Å². The van der Waals surface area contributed by atoms with Crippen molar-refractivity contribution in [3.8, 4) is 0 Å². The fourth-order valence-electron chi connectivity index (χ4n) is 4.05. The van der Waals surface area contributed by atoms with Crippen molar-refractivity contribution >= 4 is 35.5 Å². The number of carbonyl (C=O) groups is 4. The van der Waals surface area contributed by atoms with E-state index in [2.05, 4.69) is 13.8 Å². The summed E-state index contributed by atoms with van der Waals surface area (Å²) in [7, 11) is 1.75. The molecule has 1 saturated carbocycles. The molecular weight excluding hydrogens is 432 g/mol. The summed E-state index contributed by atoms with van der Waals surface area (Å²) in [4.78, 5) is 51.5. The van der Waals surface area contributed by atoms with Crippen molar-refractivity contribution in [3.05, 3.63) is 0 Å². The topological polar surface area (TPSA) is 104 Å². The van der Waals surface area contributed by atoms with Gasteiger partial charge in [-0.25, -0.2) is 0 Å². The Kier molecular flexibility index (Phi) is 11.0. The van der Waals surface area contributed by atoms with Gasteiger partial charge in [0, 0.05) is 45.3 Å². The van der Waals surface area contributed by atoms with Gasteiger partial charge in [-0.1, -0.05) is 13.8 Å². The van der Waals surface area contributed by atoms with E-state index in [-0.39, 0.29) is 36.0 Å². The lowest BCUT2D eigenvalue weighted by molar-refractivity contribution is -0.144. The van der Waals surface area contributed by atoms with Gasteiger partial charge in [-0.3, -0.25) is 24.1 Å². The maximum atomic E-state index is 12.7. The van der Waals surface area contributed by atoms with Crippen LogP contribution in [-0.2, 0) is 23.9 Å². The van der Waals surface area contributed by atoms with E-state index < -0.39 is 11.2 Å². The molecule has 0 aromatic heterocycles. The van der Waals surface area contributed by atoms with Crippen LogP contribution in [0.2, 0.25) is 0 Å². The number of nitrogens with zero attached hydrogens (tertiary/aromatic N) is 2. The van der Waals surface area contributed by atoms with E-state index in [1.165, 1.54) is 16.7 Å². The molecule has 1 atom stereocenters. The molecule has 32 heavy (non-hydrogen) atoms. The number of ether oxygens (including phenoxy) is 1. The molecule has 3 amide bonds. The van der Waals surface area contributed by atoms with E-state index in [0.29, 0.717) is 57.2 Å². The summed E-state index contributed by atoms with van der Waals surface area (Å²) in [6, 6.07) is 0. The van der Waals surface area contributed by atoms with Crippen LogP contribution in [0.3, 0.4) is 0 Å². The molecule has 0 spiro atoms. The Morgan fingerprint density at radius 3 is 2.50 bits per heavy atom. The van der Waals surface area contributed by atoms with E-state index in [1.807, 2.05) is 0 Å². The first-order valence-corrected chi connectivity index (χ1v) is 12.7. The number of likely N-dealkylation sites (tertiary alicyclic amines) is 1. The summed E-state index contributed by atoms with van der Waals surface area (Å²) in [5.74, 6) is -0.101. The van der Waals surface area contributed by atoms with Crippen molar-refractivity contribution in [2.75, 3.05) is 39.1 Å². The zero-order valence-electron chi connectivity index (χ0n) is 19.6. The summed E-state index contributed by atoms with van der Waals surface area (Å²) in [5, 5.41) is 8.69. The summed E-state index contributed by atoms with van der Waals surface area (Å²) in [6.07, 6.45) is 4.18. The number of hydrogen-bond donors (Lipinski definition) is 1. The Morgan fingerprint density at radius 2 is 1.88 bits per heavy atom. The van der Waals surface area contributed by atoms with Gasteiger partial charge >= 0.3 is 5.97 Å². The molecule has 0 bridgehead atoms. The lowest BCUT2D eigenvalue weighted by Gasteiger charge is -2.28. The first kappa shape index (κ1) is 26.6. The molecule has 1 aliphatic heterocycles. The summed E-state index contributed by atoms with van der Waals surface area (Å²) >= 11 is 1.38. The first-order chi connectivity index (χ1) is 15.2. The Balaban J connectivity index is 1.65. The lowest BCUT2D eigenvalue weighted by Crippen LogP contribution is -2.37. The van der Waals surface area contributed by atoms with Gasteiger partial charge in [-0.05, 0) is 43.9 Å². The van der Waals surface area contributed by atoms with Crippen LogP contribution < -0.4 is 0 Å². The molecule has 8 nitrogen and oxygen atoms in total. The van der Waals surface area contributed by atoms with Crippen LogP contribution in [-0.4, -0.2) is 83.0 Å². The Labute approximate surface area is 195 Å². The molecule has 1 N–H and O–H groups in total. The number of imide groups is 1. The fraction of sp³-hybridized carbons (Fsp3) is 0.826. The normalized spacial score (nSPS) is 23.8. The van der Waals surface area contributed by atoms with E-state index >= 15 is 0 Å². The van der Waals surface area contributed by atoms with Crippen molar-refractivity contribution in [3.63, 3.8) is 0 Å². The van der Waals surface area contributed by atoms with Crippen LogP contribution in [0.25, 0.3) is 0 Å². The van der Waals surface area contributed by atoms with Crippen LogP contribution in [0.4, 0.5) is 0 Å². The Hall–Kier alpha value is -1.61. The molecule has 1 heterocycles. The van der Waals surface area contributed by atoms with Gasteiger partial charge in [-0.15, -0.1) is 11.8 Å². The largest absolute Gasteiger partial charge is 0.481 e. The van der Waals surface area contributed by atoms with Gasteiger partial charge in [0.2, 0.25) is 17.7 Å². The van der Waals surface area contributed by atoms with Gasteiger partial charge in [0.25, 0.3) is 0 Å². The highest BCUT2D eigenvalue weighted by atomic mass is 32.2. The second-order valence-electron chi connectivity index (χ2n) is 9.32. The van der Waals surface area contributed by atoms with Gasteiger partial charge in [0.15, 0.2) is 0 Å². The van der Waals surface area contributed by atoms with Gasteiger partial charge in [-0.2, -0.15) is 0 Å². The summed E-state index contributed by atoms with van der Waals surface area (Å²) in [6.45, 7) is 6.43. The molecule has 0 radical (unpaired) electrons. The average molecular weight is 471 g/mol. The number of likely N-dealkylation sites (N-methyl/N-ethyl adjacent to an activating group) is 1. The number of hydrogen-bond acceptors (Lipinski definition) is 6. The van der Waals surface area contributed by atoms with Crippen molar-refractivity contribution in [2.45, 2.75) is 64.0 Å². The number of amides is 3. The van der Waals surface area contributed by atoms with Gasteiger partial charge in [0.1, 0.15) is 0 Å². The molecular formula is C23H38N2O6S. The third-order valence-electron chi connectivity index (χ3n) is 6.31. The number of thioether (sulfide) groups is 1. The molecule has 2 rings (SSSR count). The highest BCUT2D eigenvalue weighted by Gasteiger charge is 2.40. The second kappa shape index (κ2) is 13.2. The molecule has 9 heteroatoms. The summed E-state index contributed by atoms with van der Waals surface area (Å²) in [5.41, 5.74) is 0. The maximum Gasteiger partial charge on any atom is 0.306 e. The minimum atomic E-state index is -0.757. The zero-order chi connectivity index (χ0) is 23.7. The van der Waals surface area contributed by atoms with Crippen molar-refractivity contribution < 1.29 is 29.0 Å². The number of carboxylic acids is 1. The SMILES string of the molecule is CC(C)CCOCCN(C)C(=O)CCSC1CC(=O)N(C[C@H]2CC[C@H](C(=O)O)CC2)C1=O. The van der Waals surface area contributed by atoms with E-state index in [0.717, 1.165) is 19.3 Å². The maximum absolute atomic E-state index is 12.7. The minimum Gasteiger partial charge on any atom is -0.481 e. The van der Waals surface area contributed by atoms with Crippen LogP contribution in [0, 0.1) is 17.8 Å². The molecule has 182 valence electrons. The van der Waals surface area contributed by atoms with Crippen molar-refractivity contribution in [1.82, 2.24) is 9.80 Å². The number of carbonyl (C=O) groups excluding carboxylic acids is 3. The van der Waals surface area contributed by atoms with Gasteiger partial charge in [0.05, 0.1) is 17.8 Å². The van der Waals surface area contributed by atoms with Crippen LogP contribution in [0.15, 0.2) is 0 Å². The third kappa shape index (κ3) is 8.39. The first-order valence-electron chi connectivity index (χ1n) is 11.7. The Bertz CT molecular complexity index is 663. The number of aliphatic carboxylic acids is 1. The highest BCUT2D eigenvalue weighted by Crippen LogP contribution is 2.32. The molecule has 0 aromatic rings. The van der Waals surface area contributed by atoms with E-state index in [4.69, 9.17) is 9.84 Å². The average Bonchev–Trinajstić information content (AvgIpc) is 3.01. The van der Waals surface area contributed by atoms with Crippen molar-refractivity contribution in [2.24, 2.45) is 17.8 Å². The lowest BCUT2D eigenvalue weighted by atomic mass is 9.82. The van der Waals surface area contributed by atoms with Gasteiger partial charge < -0.3 is 14.7 Å². The molecule has 2 fully saturated rings. The standard InChI is InChI=1S/C23H38N2O6S/c1-16(2)8-11-31-12-10-24(3)20(26)9-13-32-19-14-21(27)25(22(19)28)15-17-4-6-18(7-5-17)23(29)30/h16-19H,4-15H2,1-3H3,(H,29,30)/t17-,18-,19?. The van der Waals surface area contributed by atoms with E-state index in [1.54, 1.807) is 11.9 Å².